The number of halogens is 2. The van der Waals surface area contributed by atoms with Gasteiger partial charge in [0.15, 0.2) is 0 Å². The van der Waals surface area contributed by atoms with Crippen molar-refractivity contribution in [3.63, 3.8) is 0 Å². The van der Waals surface area contributed by atoms with Crippen molar-refractivity contribution in [3.8, 4) is 0 Å². The van der Waals surface area contributed by atoms with Gasteiger partial charge in [-0.2, -0.15) is 0 Å². The van der Waals surface area contributed by atoms with Crippen molar-refractivity contribution in [1.82, 2.24) is 4.90 Å². The van der Waals surface area contributed by atoms with E-state index in [9.17, 15) is 13.6 Å². The number of amides is 1. The lowest BCUT2D eigenvalue weighted by atomic mass is 9.88. The second-order valence-electron chi connectivity index (χ2n) is 5.08. The third-order valence-corrected chi connectivity index (χ3v) is 3.73. The van der Waals surface area contributed by atoms with Crippen LogP contribution in [0, 0.1) is 11.6 Å². The molecule has 1 aliphatic rings. The average molecular weight is 288 g/mol. The van der Waals surface area contributed by atoms with Crippen LogP contribution in [0.4, 0.5) is 8.78 Å². The zero-order valence-corrected chi connectivity index (χ0v) is 11.2. The molecule has 0 bridgehead atoms. The minimum atomic E-state index is -0.734. The molecule has 21 heavy (non-hydrogen) atoms. The Kier molecular flexibility index (Phi) is 3.43. The Bertz CT molecular complexity index is 672. The molecule has 1 aliphatic heterocycles. The first-order valence-electron chi connectivity index (χ1n) is 6.63. The smallest absolute Gasteiger partial charge is 0.242 e. The van der Waals surface area contributed by atoms with Crippen molar-refractivity contribution in [2.45, 2.75) is 18.6 Å². The van der Waals surface area contributed by atoms with E-state index < -0.39 is 12.1 Å². The number of carbonyl (C=O) groups is 1. The van der Waals surface area contributed by atoms with Gasteiger partial charge in [-0.25, -0.2) is 8.78 Å². The van der Waals surface area contributed by atoms with Crippen LogP contribution in [0.15, 0.2) is 48.5 Å². The molecule has 0 radical (unpaired) electrons. The molecule has 2 N–H and O–H groups in total. The standard InChI is InChI=1S/C16H14F2N2O/c17-11-7-5-10(6-8-11)9-20-15(14(19)16(20)21)12-3-1-2-4-13(12)18/h1-8,14-15H,9,19H2/t14-,15-/m0/s1. The highest BCUT2D eigenvalue weighted by Crippen LogP contribution is 2.36. The van der Waals surface area contributed by atoms with Gasteiger partial charge in [0, 0.05) is 12.1 Å². The third kappa shape index (κ3) is 2.40. The molecular formula is C16H14F2N2O. The number of β-lactam (4-membered cyclic amide) rings is 1. The van der Waals surface area contributed by atoms with Gasteiger partial charge in [-0.3, -0.25) is 4.79 Å². The van der Waals surface area contributed by atoms with Gasteiger partial charge in [0.2, 0.25) is 5.91 Å². The molecule has 1 saturated heterocycles. The maximum Gasteiger partial charge on any atom is 0.242 e. The summed E-state index contributed by atoms with van der Waals surface area (Å²) in [5.41, 5.74) is 7.00. The van der Waals surface area contributed by atoms with Gasteiger partial charge >= 0.3 is 0 Å². The summed E-state index contributed by atoms with van der Waals surface area (Å²) in [6, 6.07) is 10.9. The zero-order valence-electron chi connectivity index (χ0n) is 11.2. The van der Waals surface area contributed by atoms with Crippen molar-refractivity contribution < 1.29 is 13.6 Å². The number of likely N-dealkylation sites (tertiary alicyclic amines) is 1. The van der Waals surface area contributed by atoms with Crippen molar-refractivity contribution in [2.24, 2.45) is 5.73 Å². The van der Waals surface area contributed by atoms with Crippen LogP contribution < -0.4 is 5.73 Å². The fourth-order valence-corrected chi connectivity index (χ4v) is 2.61. The normalized spacial score (nSPS) is 21.3. The number of carbonyl (C=O) groups excluding carboxylic acids is 1. The van der Waals surface area contributed by atoms with Gasteiger partial charge in [-0.1, -0.05) is 30.3 Å². The highest BCUT2D eigenvalue weighted by atomic mass is 19.1. The second-order valence-corrected chi connectivity index (χ2v) is 5.08. The Balaban J connectivity index is 1.85. The molecule has 0 spiro atoms. The van der Waals surface area contributed by atoms with Gasteiger partial charge in [0.25, 0.3) is 0 Å². The van der Waals surface area contributed by atoms with E-state index in [1.165, 1.54) is 23.1 Å². The number of nitrogens with zero attached hydrogens (tertiary/aromatic N) is 1. The minimum Gasteiger partial charge on any atom is -0.328 e. The summed E-state index contributed by atoms with van der Waals surface area (Å²) in [4.78, 5) is 13.4. The van der Waals surface area contributed by atoms with E-state index in [-0.39, 0.29) is 24.1 Å². The monoisotopic (exact) mass is 288 g/mol. The fraction of sp³-hybridized carbons (Fsp3) is 0.188. The van der Waals surface area contributed by atoms with Crippen LogP contribution in [0.1, 0.15) is 17.2 Å². The first kappa shape index (κ1) is 13.7. The van der Waals surface area contributed by atoms with E-state index in [4.69, 9.17) is 5.73 Å². The van der Waals surface area contributed by atoms with Gasteiger partial charge in [-0.05, 0) is 23.8 Å². The van der Waals surface area contributed by atoms with Crippen LogP contribution in [-0.2, 0) is 11.3 Å². The highest BCUT2D eigenvalue weighted by Gasteiger charge is 2.46. The van der Waals surface area contributed by atoms with E-state index in [0.29, 0.717) is 5.56 Å². The molecule has 2 atom stereocenters. The van der Waals surface area contributed by atoms with Crippen molar-refractivity contribution in [2.75, 3.05) is 0 Å². The summed E-state index contributed by atoms with van der Waals surface area (Å²) < 4.78 is 26.8. The van der Waals surface area contributed by atoms with Gasteiger partial charge in [-0.15, -0.1) is 0 Å². The molecule has 1 amide bonds. The lowest BCUT2D eigenvalue weighted by Gasteiger charge is -2.45. The average Bonchev–Trinajstić information content (AvgIpc) is 2.50. The summed E-state index contributed by atoms with van der Waals surface area (Å²) in [7, 11) is 0. The minimum absolute atomic E-state index is 0.229. The molecule has 0 saturated carbocycles. The summed E-state index contributed by atoms with van der Waals surface area (Å²) in [5, 5.41) is 0. The topological polar surface area (TPSA) is 46.3 Å². The highest BCUT2D eigenvalue weighted by molar-refractivity contribution is 5.89. The Morgan fingerprint density at radius 1 is 1.05 bits per heavy atom. The Hall–Kier alpha value is -2.27. The van der Waals surface area contributed by atoms with Crippen LogP contribution in [0.25, 0.3) is 0 Å². The molecule has 3 rings (SSSR count). The van der Waals surface area contributed by atoms with E-state index in [0.717, 1.165) is 5.56 Å². The maximum absolute atomic E-state index is 13.9. The molecule has 2 aromatic carbocycles. The molecule has 1 fully saturated rings. The Morgan fingerprint density at radius 2 is 1.71 bits per heavy atom. The van der Waals surface area contributed by atoms with Crippen LogP contribution in [0.2, 0.25) is 0 Å². The lowest BCUT2D eigenvalue weighted by Crippen LogP contribution is -2.62. The van der Waals surface area contributed by atoms with E-state index >= 15 is 0 Å². The van der Waals surface area contributed by atoms with E-state index in [2.05, 4.69) is 0 Å². The van der Waals surface area contributed by atoms with Crippen LogP contribution in [-0.4, -0.2) is 16.8 Å². The summed E-state index contributed by atoms with van der Waals surface area (Å²) in [5.74, 6) is -0.946. The molecule has 108 valence electrons. The molecule has 5 heteroatoms. The molecular weight excluding hydrogens is 274 g/mol. The first-order chi connectivity index (χ1) is 10.1. The molecule has 2 aromatic rings. The van der Waals surface area contributed by atoms with E-state index in [1.807, 2.05) is 0 Å². The Morgan fingerprint density at radius 3 is 2.38 bits per heavy atom. The van der Waals surface area contributed by atoms with Gasteiger partial charge < -0.3 is 10.6 Å². The second kappa shape index (κ2) is 5.26. The lowest BCUT2D eigenvalue weighted by molar-refractivity contribution is -0.150. The van der Waals surface area contributed by atoms with Gasteiger partial charge in [0.05, 0.1) is 6.04 Å². The number of rotatable bonds is 3. The molecule has 0 aliphatic carbocycles. The number of hydrogen-bond acceptors (Lipinski definition) is 2. The zero-order chi connectivity index (χ0) is 15.0. The molecule has 0 aromatic heterocycles. The van der Waals surface area contributed by atoms with Crippen molar-refractivity contribution in [3.05, 3.63) is 71.3 Å². The van der Waals surface area contributed by atoms with Crippen LogP contribution >= 0.6 is 0 Å². The number of benzene rings is 2. The van der Waals surface area contributed by atoms with E-state index in [1.54, 1.807) is 30.3 Å². The predicted molar refractivity (Wildman–Crippen MR) is 74.1 cm³/mol. The van der Waals surface area contributed by atoms with Crippen molar-refractivity contribution >= 4 is 5.91 Å². The number of nitrogens with two attached hydrogens (primary N) is 1. The maximum atomic E-state index is 13.9. The van der Waals surface area contributed by atoms with Gasteiger partial charge in [0.1, 0.15) is 17.7 Å². The predicted octanol–water partition coefficient (Wildman–Crippen LogP) is 2.38. The van der Waals surface area contributed by atoms with Crippen LogP contribution in [0.5, 0.6) is 0 Å². The first-order valence-corrected chi connectivity index (χ1v) is 6.63. The largest absolute Gasteiger partial charge is 0.328 e. The number of hydrogen-bond donors (Lipinski definition) is 1. The molecule has 0 unspecified atom stereocenters. The summed E-state index contributed by atoms with van der Waals surface area (Å²) in [6.45, 7) is 0.284. The fourth-order valence-electron chi connectivity index (χ4n) is 2.61. The third-order valence-electron chi connectivity index (χ3n) is 3.73. The van der Waals surface area contributed by atoms with Crippen LogP contribution in [0.3, 0.4) is 0 Å². The summed E-state index contributed by atoms with van der Waals surface area (Å²) >= 11 is 0. The Labute approximate surface area is 121 Å². The SMILES string of the molecule is N[C@@H]1C(=O)N(Cc2ccc(F)cc2)[C@H]1c1ccccc1F. The summed E-state index contributed by atoms with van der Waals surface area (Å²) in [6.07, 6.45) is 0. The molecule has 1 heterocycles. The van der Waals surface area contributed by atoms with Crippen molar-refractivity contribution in [1.29, 1.82) is 0 Å². The quantitative estimate of drug-likeness (QED) is 0.881. The molecule has 3 nitrogen and oxygen atoms in total.